The lowest BCUT2D eigenvalue weighted by atomic mass is 10.1. The van der Waals surface area contributed by atoms with Crippen LogP contribution in [-0.4, -0.2) is 25.4 Å². The number of fused-ring (bicyclic) bond motifs is 2. The van der Waals surface area contributed by atoms with Gasteiger partial charge in [-0.1, -0.05) is 19.4 Å². The number of pyridine rings is 2. The van der Waals surface area contributed by atoms with Crippen LogP contribution in [0.3, 0.4) is 0 Å². The lowest BCUT2D eigenvalue weighted by molar-refractivity contribution is 0.0917. The van der Waals surface area contributed by atoms with Crippen molar-refractivity contribution in [2.75, 3.05) is 0 Å². The van der Waals surface area contributed by atoms with Crippen molar-refractivity contribution in [3.05, 3.63) is 51.9 Å². The van der Waals surface area contributed by atoms with Crippen molar-refractivity contribution >= 4 is 22.6 Å². The number of nitrogens with one attached hydrogen (secondary N) is 2. The van der Waals surface area contributed by atoms with Gasteiger partial charge in [0, 0.05) is 18.3 Å². The van der Waals surface area contributed by atoms with E-state index in [0.717, 1.165) is 12.8 Å². The van der Waals surface area contributed by atoms with Crippen LogP contribution < -0.4 is 16.4 Å². The Labute approximate surface area is 157 Å². The van der Waals surface area contributed by atoms with Gasteiger partial charge in [-0.15, -0.1) is 0 Å². The van der Waals surface area contributed by atoms with E-state index in [2.05, 4.69) is 17.2 Å². The van der Waals surface area contributed by atoms with Crippen molar-refractivity contribution in [3.8, 4) is 0 Å². The van der Waals surface area contributed by atoms with E-state index >= 15 is 0 Å². The number of carbonyl (C=O) groups is 1. The third-order valence-electron chi connectivity index (χ3n) is 4.29. The highest BCUT2D eigenvalue weighted by atomic mass is 16.2. The van der Waals surface area contributed by atoms with E-state index in [4.69, 9.17) is 5.41 Å². The van der Waals surface area contributed by atoms with Crippen LogP contribution in [0.4, 0.5) is 0 Å². The Kier molecular flexibility index (Phi) is 4.87. The Morgan fingerprint density at radius 2 is 2.04 bits per heavy atom. The molecule has 7 heteroatoms. The van der Waals surface area contributed by atoms with Crippen LogP contribution in [0.25, 0.3) is 16.7 Å². The summed E-state index contributed by atoms with van der Waals surface area (Å²) in [5, 5.41) is 11.8. The first-order chi connectivity index (χ1) is 12.7. The van der Waals surface area contributed by atoms with Crippen molar-refractivity contribution < 1.29 is 4.79 Å². The summed E-state index contributed by atoms with van der Waals surface area (Å²) in [5.41, 5.74) is 0.533. The van der Waals surface area contributed by atoms with Gasteiger partial charge in [0.05, 0.1) is 10.9 Å². The molecular formula is C20H25N5O2. The first-order valence-corrected chi connectivity index (χ1v) is 9.15. The fourth-order valence-electron chi connectivity index (χ4n) is 3.00. The average molecular weight is 367 g/mol. The Hall–Kier alpha value is -2.96. The third-order valence-corrected chi connectivity index (χ3v) is 4.29. The molecular weight excluding hydrogens is 342 g/mol. The van der Waals surface area contributed by atoms with Crippen LogP contribution in [0.2, 0.25) is 0 Å². The number of unbranched alkanes of at least 4 members (excludes halogenated alkanes) is 1. The molecule has 0 spiro atoms. The van der Waals surface area contributed by atoms with Crippen molar-refractivity contribution in [1.82, 2.24) is 19.3 Å². The Morgan fingerprint density at radius 1 is 1.30 bits per heavy atom. The second kappa shape index (κ2) is 6.98. The molecule has 3 rings (SSSR count). The molecule has 0 atom stereocenters. The largest absolute Gasteiger partial charge is 0.347 e. The Bertz CT molecular complexity index is 1140. The zero-order valence-electron chi connectivity index (χ0n) is 16.2. The van der Waals surface area contributed by atoms with Gasteiger partial charge >= 0.3 is 0 Å². The van der Waals surface area contributed by atoms with E-state index in [9.17, 15) is 9.59 Å². The van der Waals surface area contributed by atoms with Gasteiger partial charge in [0.1, 0.15) is 16.8 Å². The number of hydrogen-bond acceptors (Lipinski definition) is 4. The van der Waals surface area contributed by atoms with Crippen LogP contribution in [0, 0.1) is 5.41 Å². The minimum atomic E-state index is -0.441. The summed E-state index contributed by atoms with van der Waals surface area (Å²) in [7, 11) is 0. The van der Waals surface area contributed by atoms with Crippen LogP contribution >= 0.6 is 0 Å². The monoisotopic (exact) mass is 367 g/mol. The normalized spacial score (nSPS) is 11.9. The molecule has 0 aliphatic heterocycles. The molecule has 27 heavy (non-hydrogen) atoms. The number of amides is 1. The zero-order valence-corrected chi connectivity index (χ0v) is 16.2. The quantitative estimate of drug-likeness (QED) is 0.694. The molecule has 3 aromatic rings. The van der Waals surface area contributed by atoms with Gasteiger partial charge in [-0.3, -0.25) is 19.4 Å². The summed E-state index contributed by atoms with van der Waals surface area (Å²) in [6, 6.07) is 6.83. The standard InChI is InChI=1S/C20H25N5O2/c1-5-6-10-25-16(21)13(18(26)23-20(2,3)4)12-14-17(25)22-15-9-7-8-11-24(15)19(14)27/h7-9,11-12,21H,5-6,10H2,1-4H3,(H,23,26). The van der Waals surface area contributed by atoms with Gasteiger partial charge in [-0.2, -0.15) is 0 Å². The van der Waals surface area contributed by atoms with E-state index in [1.54, 1.807) is 22.9 Å². The number of hydrogen-bond donors (Lipinski definition) is 2. The molecule has 0 unspecified atom stereocenters. The lowest BCUT2D eigenvalue weighted by Gasteiger charge is -2.21. The third kappa shape index (κ3) is 3.63. The Morgan fingerprint density at radius 3 is 2.70 bits per heavy atom. The second-order valence-electron chi connectivity index (χ2n) is 7.70. The first-order valence-electron chi connectivity index (χ1n) is 9.15. The molecule has 0 fully saturated rings. The van der Waals surface area contributed by atoms with E-state index in [-0.39, 0.29) is 22.5 Å². The number of aryl methyl sites for hydroxylation is 1. The number of carbonyl (C=O) groups excluding carboxylic acids is 1. The van der Waals surface area contributed by atoms with E-state index in [0.29, 0.717) is 23.2 Å². The van der Waals surface area contributed by atoms with Crippen LogP contribution in [0.15, 0.2) is 35.3 Å². The Balaban J connectivity index is 2.35. The smallest absolute Gasteiger partial charge is 0.267 e. The predicted molar refractivity (Wildman–Crippen MR) is 105 cm³/mol. The summed E-state index contributed by atoms with van der Waals surface area (Å²) in [6.07, 6.45) is 3.41. The van der Waals surface area contributed by atoms with Crippen molar-refractivity contribution in [2.45, 2.75) is 52.6 Å². The molecule has 0 aliphatic rings. The SMILES string of the molecule is CCCCn1c(=N)c(C(=O)NC(C)(C)C)cc2c(=O)n3ccccc3nc21. The van der Waals surface area contributed by atoms with Gasteiger partial charge < -0.3 is 9.88 Å². The lowest BCUT2D eigenvalue weighted by Crippen LogP contribution is -2.43. The fourth-order valence-corrected chi connectivity index (χ4v) is 3.00. The van der Waals surface area contributed by atoms with Gasteiger partial charge in [0.15, 0.2) is 0 Å². The summed E-state index contributed by atoms with van der Waals surface area (Å²) >= 11 is 0. The van der Waals surface area contributed by atoms with Crippen molar-refractivity contribution in [3.63, 3.8) is 0 Å². The molecule has 142 valence electrons. The molecule has 0 aromatic carbocycles. The molecule has 0 saturated carbocycles. The van der Waals surface area contributed by atoms with Crippen LogP contribution in [0.1, 0.15) is 50.9 Å². The number of aromatic nitrogens is 3. The van der Waals surface area contributed by atoms with Gasteiger partial charge in [0.25, 0.3) is 11.5 Å². The molecule has 0 radical (unpaired) electrons. The van der Waals surface area contributed by atoms with Gasteiger partial charge in [0.2, 0.25) is 0 Å². The summed E-state index contributed by atoms with van der Waals surface area (Å²) in [6.45, 7) is 8.22. The molecule has 0 saturated heterocycles. The van der Waals surface area contributed by atoms with Crippen LogP contribution in [-0.2, 0) is 6.54 Å². The minimum Gasteiger partial charge on any atom is -0.347 e. The van der Waals surface area contributed by atoms with Gasteiger partial charge in [-0.25, -0.2) is 4.98 Å². The van der Waals surface area contributed by atoms with E-state index in [1.165, 1.54) is 10.5 Å². The highest BCUT2D eigenvalue weighted by Crippen LogP contribution is 2.12. The number of rotatable bonds is 4. The molecule has 3 heterocycles. The van der Waals surface area contributed by atoms with Crippen molar-refractivity contribution in [1.29, 1.82) is 5.41 Å². The highest BCUT2D eigenvalue weighted by Gasteiger charge is 2.20. The summed E-state index contributed by atoms with van der Waals surface area (Å²) in [4.78, 5) is 30.4. The highest BCUT2D eigenvalue weighted by molar-refractivity contribution is 5.97. The molecule has 3 aromatic heterocycles. The predicted octanol–water partition coefficient (Wildman–Crippen LogP) is 2.46. The first kappa shape index (κ1) is 18.8. The topological polar surface area (TPSA) is 92.2 Å². The summed E-state index contributed by atoms with van der Waals surface area (Å²) < 4.78 is 3.13. The molecule has 1 amide bonds. The maximum atomic E-state index is 13.0. The molecule has 0 bridgehead atoms. The maximum Gasteiger partial charge on any atom is 0.267 e. The second-order valence-corrected chi connectivity index (χ2v) is 7.70. The zero-order chi connectivity index (χ0) is 19.8. The van der Waals surface area contributed by atoms with Gasteiger partial charge in [-0.05, 0) is 45.4 Å². The maximum absolute atomic E-state index is 13.0. The van der Waals surface area contributed by atoms with Crippen LogP contribution in [0.5, 0.6) is 0 Å². The summed E-state index contributed by atoms with van der Waals surface area (Å²) in [5.74, 6) is -0.364. The van der Waals surface area contributed by atoms with E-state index in [1.807, 2.05) is 26.8 Å². The fraction of sp³-hybridized carbons (Fsp3) is 0.400. The average Bonchev–Trinajstić information content (AvgIpc) is 2.59. The van der Waals surface area contributed by atoms with Crippen molar-refractivity contribution in [2.24, 2.45) is 0 Å². The molecule has 0 aliphatic carbocycles. The molecule has 2 N–H and O–H groups in total. The van der Waals surface area contributed by atoms with E-state index < -0.39 is 5.54 Å². The molecule has 7 nitrogen and oxygen atoms in total. The minimum absolute atomic E-state index is 0.0740. The number of nitrogens with zero attached hydrogens (tertiary/aromatic N) is 3.